The second kappa shape index (κ2) is 5.29. The third-order valence-electron chi connectivity index (χ3n) is 1.81. The quantitative estimate of drug-likeness (QED) is 0.632. The van der Waals surface area contributed by atoms with Crippen LogP contribution in [0.1, 0.15) is 10.4 Å². The van der Waals surface area contributed by atoms with Crippen molar-refractivity contribution in [2.24, 2.45) is 0 Å². The average Bonchev–Trinajstić information content (AvgIpc) is 2.25. The minimum absolute atomic E-state index is 0.00727. The number of halogens is 2. The molecule has 0 saturated heterocycles. The Balaban J connectivity index is 2.98. The van der Waals surface area contributed by atoms with Crippen LogP contribution in [-0.4, -0.2) is 26.1 Å². The summed E-state index contributed by atoms with van der Waals surface area (Å²) in [6.07, 6.45) is -2.62. The Morgan fingerprint density at radius 3 is 2.75 bits per heavy atom. The molecule has 0 heterocycles. The van der Waals surface area contributed by atoms with Gasteiger partial charge in [0.2, 0.25) is 0 Å². The van der Waals surface area contributed by atoms with Crippen molar-refractivity contribution in [2.75, 3.05) is 19.5 Å². The predicted octanol–water partition coefficient (Wildman–Crippen LogP) is 1.70. The lowest BCUT2D eigenvalue weighted by Crippen LogP contribution is -2.12. The summed E-state index contributed by atoms with van der Waals surface area (Å²) in [5, 5.41) is 0. The largest absolute Gasteiger partial charge is 0.487 e. The Morgan fingerprint density at radius 1 is 1.50 bits per heavy atom. The maximum Gasteiger partial charge on any atom is 0.343 e. The van der Waals surface area contributed by atoms with Crippen LogP contribution >= 0.6 is 0 Å². The molecular formula is C10H11F2NO3. The Bertz CT molecular complexity index is 382. The summed E-state index contributed by atoms with van der Waals surface area (Å²) in [6, 6.07) is 4.34. The van der Waals surface area contributed by atoms with Crippen molar-refractivity contribution >= 4 is 11.7 Å². The molecule has 88 valence electrons. The molecule has 6 heteroatoms. The number of ether oxygens (including phenoxy) is 2. The van der Waals surface area contributed by atoms with Crippen LogP contribution in [-0.2, 0) is 4.74 Å². The van der Waals surface area contributed by atoms with E-state index in [-0.39, 0.29) is 17.0 Å². The molecule has 1 aromatic carbocycles. The van der Waals surface area contributed by atoms with Gasteiger partial charge >= 0.3 is 5.97 Å². The first-order valence-corrected chi connectivity index (χ1v) is 4.44. The SMILES string of the molecule is COC(=O)c1c(N)cccc1OCC(F)F. The number of carbonyl (C=O) groups is 1. The number of alkyl halides is 2. The van der Waals surface area contributed by atoms with E-state index < -0.39 is 19.0 Å². The molecule has 16 heavy (non-hydrogen) atoms. The van der Waals surface area contributed by atoms with Gasteiger partial charge < -0.3 is 15.2 Å². The molecule has 0 saturated carbocycles. The fourth-order valence-corrected chi connectivity index (χ4v) is 1.14. The molecule has 0 aromatic heterocycles. The van der Waals surface area contributed by atoms with E-state index in [0.717, 1.165) is 0 Å². The topological polar surface area (TPSA) is 61.5 Å². The first kappa shape index (κ1) is 12.2. The number of esters is 1. The Morgan fingerprint density at radius 2 is 2.19 bits per heavy atom. The Labute approximate surface area is 91.0 Å². The molecule has 2 N–H and O–H groups in total. The zero-order chi connectivity index (χ0) is 12.1. The number of hydrogen-bond donors (Lipinski definition) is 1. The number of nitrogen functional groups attached to an aromatic ring is 1. The van der Waals surface area contributed by atoms with Crippen LogP contribution in [0.2, 0.25) is 0 Å². The first-order valence-electron chi connectivity index (χ1n) is 4.44. The van der Waals surface area contributed by atoms with Crippen molar-refractivity contribution in [3.05, 3.63) is 23.8 Å². The van der Waals surface area contributed by atoms with Crippen LogP contribution in [0.5, 0.6) is 5.75 Å². The van der Waals surface area contributed by atoms with Gasteiger partial charge in [-0.3, -0.25) is 0 Å². The number of benzene rings is 1. The van der Waals surface area contributed by atoms with E-state index in [2.05, 4.69) is 4.74 Å². The summed E-state index contributed by atoms with van der Waals surface area (Å²) in [7, 11) is 1.17. The molecule has 0 aliphatic heterocycles. The molecular weight excluding hydrogens is 220 g/mol. The first-order chi connectivity index (χ1) is 7.56. The second-order valence-electron chi connectivity index (χ2n) is 2.91. The number of carbonyl (C=O) groups excluding carboxylic acids is 1. The summed E-state index contributed by atoms with van der Waals surface area (Å²) in [4.78, 5) is 11.3. The third kappa shape index (κ3) is 2.82. The fourth-order valence-electron chi connectivity index (χ4n) is 1.14. The van der Waals surface area contributed by atoms with Gasteiger partial charge in [-0.25, -0.2) is 13.6 Å². The monoisotopic (exact) mass is 231 g/mol. The lowest BCUT2D eigenvalue weighted by molar-refractivity contribution is 0.0580. The number of rotatable bonds is 4. The second-order valence-corrected chi connectivity index (χ2v) is 2.91. The van der Waals surface area contributed by atoms with Crippen molar-refractivity contribution in [1.29, 1.82) is 0 Å². The molecule has 0 radical (unpaired) electrons. The van der Waals surface area contributed by atoms with Gasteiger partial charge in [-0.2, -0.15) is 0 Å². The smallest absolute Gasteiger partial charge is 0.343 e. The summed E-state index contributed by atoms with van der Waals surface area (Å²) in [5.74, 6) is -0.727. The van der Waals surface area contributed by atoms with Crippen molar-refractivity contribution in [3.8, 4) is 5.75 Å². The van der Waals surface area contributed by atoms with Gasteiger partial charge in [-0.1, -0.05) is 6.07 Å². The van der Waals surface area contributed by atoms with Crippen LogP contribution in [0.4, 0.5) is 14.5 Å². The lowest BCUT2D eigenvalue weighted by Gasteiger charge is -2.11. The minimum atomic E-state index is -2.62. The van der Waals surface area contributed by atoms with E-state index in [1.165, 1.54) is 25.3 Å². The van der Waals surface area contributed by atoms with Crippen molar-refractivity contribution < 1.29 is 23.0 Å². The molecule has 0 bridgehead atoms. The van der Waals surface area contributed by atoms with Gasteiger partial charge in [0.1, 0.15) is 17.9 Å². The van der Waals surface area contributed by atoms with E-state index >= 15 is 0 Å². The highest BCUT2D eigenvalue weighted by Crippen LogP contribution is 2.25. The summed E-state index contributed by atoms with van der Waals surface area (Å²) >= 11 is 0. The average molecular weight is 231 g/mol. The Kier molecular flexibility index (Phi) is 4.04. The highest BCUT2D eigenvalue weighted by molar-refractivity contribution is 5.98. The number of methoxy groups -OCH3 is 1. The van der Waals surface area contributed by atoms with E-state index in [1.807, 2.05) is 0 Å². The number of anilines is 1. The molecule has 0 atom stereocenters. The molecule has 0 fully saturated rings. The standard InChI is InChI=1S/C10H11F2NO3/c1-15-10(14)9-6(13)3-2-4-7(9)16-5-8(11)12/h2-4,8H,5,13H2,1H3. The van der Waals surface area contributed by atoms with Gasteiger partial charge in [0.25, 0.3) is 6.43 Å². The van der Waals surface area contributed by atoms with E-state index in [4.69, 9.17) is 10.5 Å². The number of hydrogen-bond acceptors (Lipinski definition) is 4. The van der Waals surface area contributed by atoms with E-state index in [0.29, 0.717) is 0 Å². The number of nitrogens with two attached hydrogens (primary N) is 1. The zero-order valence-electron chi connectivity index (χ0n) is 8.57. The molecule has 0 aliphatic carbocycles. The fraction of sp³-hybridized carbons (Fsp3) is 0.300. The molecule has 4 nitrogen and oxygen atoms in total. The molecule has 0 amide bonds. The summed E-state index contributed by atoms with van der Waals surface area (Å²) in [6.45, 7) is -0.798. The van der Waals surface area contributed by atoms with Crippen LogP contribution in [0.15, 0.2) is 18.2 Å². The molecule has 1 aromatic rings. The molecule has 1 rings (SSSR count). The van der Waals surface area contributed by atoms with Crippen LogP contribution in [0, 0.1) is 0 Å². The van der Waals surface area contributed by atoms with E-state index in [9.17, 15) is 13.6 Å². The van der Waals surface area contributed by atoms with Crippen molar-refractivity contribution in [3.63, 3.8) is 0 Å². The lowest BCUT2D eigenvalue weighted by atomic mass is 10.1. The van der Waals surface area contributed by atoms with Gasteiger partial charge in [0, 0.05) is 5.69 Å². The Hall–Kier alpha value is -1.85. The summed E-state index contributed by atoms with van der Waals surface area (Å²) in [5.41, 5.74) is 5.62. The third-order valence-corrected chi connectivity index (χ3v) is 1.81. The summed E-state index contributed by atoms with van der Waals surface area (Å²) < 4.78 is 33.2. The van der Waals surface area contributed by atoms with E-state index in [1.54, 1.807) is 0 Å². The maximum absolute atomic E-state index is 12.0. The molecule has 0 unspecified atom stereocenters. The van der Waals surface area contributed by atoms with Crippen molar-refractivity contribution in [1.82, 2.24) is 0 Å². The van der Waals surface area contributed by atoms with Gasteiger partial charge in [-0.05, 0) is 12.1 Å². The van der Waals surface area contributed by atoms with Gasteiger partial charge in [0.15, 0.2) is 0 Å². The van der Waals surface area contributed by atoms with Crippen molar-refractivity contribution in [2.45, 2.75) is 6.43 Å². The van der Waals surface area contributed by atoms with Gasteiger partial charge in [0.05, 0.1) is 7.11 Å². The highest BCUT2D eigenvalue weighted by atomic mass is 19.3. The normalized spacial score (nSPS) is 10.2. The van der Waals surface area contributed by atoms with Gasteiger partial charge in [-0.15, -0.1) is 0 Å². The van der Waals surface area contributed by atoms with Crippen LogP contribution in [0.25, 0.3) is 0 Å². The minimum Gasteiger partial charge on any atom is -0.487 e. The van der Waals surface area contributed by atoms with Crippen LogP contribution < -0.4 is 10.5 Å². The molecule has 0 spiro atoms. The predicted molar refractivity (Wildman–Crippen MR) is 53.7 cm³/mol. The maximum atomic E-state index is 12.0. The molecule has 0 aliphatic rings. The highest BCUT2D eigenvalue weighted by Gasteiger charge is 2.17. The van der Waals surface area contributed by atoms with Crippen LogP contribution in [0.3, 0.4) is 0 Å². The zero-order valence-corrected chi connectivity index (χ0v) is 8.57.